The summed E-state index contributed by atoms with van der Waals surface area (Å²) in [5.41, 5.74) is 1.11. The zero-order chi connectivity index (χ0) is 15.5. The minimum absolute atomic E-state index is 0.0761. The molecule has 1 N–H and O–H groups in total. The zero-order valence-corrected chi connectivity index (χ0v) is 14.4. The van der Waals surface area contributed by atoms with E-state index in [9.17, 15) is 9.90 Å². The van der Waals surface area contributed by atoms with Crippen LogP contribution in [-0.2, 0) is 4.79 Å². The number of hydrogen-bond donors (Lipinski definition) is 1. The Hall–Kier alpha value is -1.24. The molecule has 2 unspecified atom stereocenters. The third-order valence-corrected chi connectivity index (χ3v) is 5.71. The largest absolute Gasteiger partial charge is 0.481 e. The monoisotopic (exact) mass is 380 g/mol. The van der Waals surface area contributed by atoms with Gasteiger partial charge in [0, 0.05) is 23.8 Å². The highest BCUT2D eigenvalue weighted by Gasteiger charge is 2.31. The number of halogens is 1. The molecule has 0 spiro atoms. The predicted octanol–water partition coefficient (Wildman–Crippen LogP) is 3.79. The Bertz CT molecular complexity index is 647. The van der Waals surface area contributed by atoms with Crippen LogP contribution in [0.25, 0.3) is 0 Å². The van der Waals surface area contributed by atoms with Crippen molar-refractivity contribution in [1.29, 1.82) is 0 Å². The Morgan fingerprint density at radius 1 is 1.45 bits per heavy atom. The van der Waals surface area contributed by atoms with Crippen molar-refractivity contribution in [2.45, 2.75) is 18.9 Å². The van der Waals surface area contributed by atoms with E-state index >= 15 is 0 Å². The molecule has 1 fully saturated rings. The van der Waals surface area contributed by atoms with Crippen LogP contribution in [0.5, 0.6) is 0 Å². The average molecular weight is 381 g/mol. The van der Waals surface area contributed by atoms with Gasteiger partial charge in [0.05, 0.1) is 15.7 Å². The number of piperidine rings is 1. The quantitative estimate of drug-likeness (QED) is 0.876. The van der Waals surface area contributed by atoms with Gasteiger partial charge in [-0.2, -0.15) is 0 Å². The SMILES string of the molecule is O=C(O)C1CCCN(C(c2cccnc2)c2ccc(Br)s2)C1. The molecular weight excluding hydrogens is 364 g/mol. The highest BCUT2D eigenvalue weighted by Crippen LogP contribution is 2.37. The molecule has 116 valence electrons. The first-order valence-corrected chi connectivity index (χ1v) is 8.88. The third kappa shape index (κ3) is 3.39. The third-order valence-electron chi connectivity index (χ3n) is 4.03. The van der Waals surface area contributed by atoms with Crippen molar-refractivity contribution < 1.29 is 9.90 Å². The van der Waals surface area contributed by atoms with Crippen LogP contribution in [-0.4, -0.2) is 34.0 Å². The molecule has 2 aromatic heterocycles. The molecule has 0 saturated carbocycles. The summed E-state index contributed by atoms with van der Waals surface area (Å²) in [7, 11) is 0. The van der Waals surface area contributed by atoms with E-state index < -0.39 is 5.97 Å². The fraction of sp³-hybridized carbons (Fsp3) is 0.375. The Morgan fingerprint density at radius 2 is 2.32 bits per heavy atom. The number of rotatable bonds is 4. The van der Waals surface area contributed by atoms with Gasteiger partial charge in [0.15, 0.2) is 0 Å². The van der Waals surface area contributed by atoms with Gasteiger partial charge in [-0.05, 0) is 59.1 Å². The number of aliphatic carboxylic acids is 1. The van der Waals surface area contributed by atoms with Crippen molar-refractivity contribution in [2.24, 2.45) is 5.92 Å². The van der Waals surface area contributed by atoms with Crippen LogP contribution in [0, 0.1) is 5.92 Å². The Balaban J connectivity index is 1.93. The first-order chi connectivity index (χ1) is 10.6. The molecule has 3 heterocycles. The standard InChI is InChI=1S/C16H17BrN2O2S/c17-14-6-5-13(22-14)15(11-3-1-7-18-9-11)19-8-2-4-12(10-19)16(20)21/h1,3,5-7,9,12,15H,2,4,8,10H2,(H,20,21). The normalized spacial score (nSPS) is 20.7. The number of carboxylic acids is 1. The van der Waals surface area contributed by atoms with Crippen molar-refractivity contribution in [3.63, 3.8) is 0 Å². The smallest absolute Gasteiger partial charge is 0.307 e. The van der Waals surface area contributed by atoms with Crippen LogP contribution >= 0.6 is 27.3 Å². The molecule has 3 rings (SSSR count). The van der Waals surface area contributed by atoms with Gasteiger partial charge in [-0.1, -0.05) is 6.07 Å². The summed E-state index contributed by atoms with van der Waals surface area (Å²) in [5, 5.41) is 9.34. The molecule has 0 aromatic carbocycles. The van der Waals surface area contributed by atoms with E-state index in [1.807, 2.05) is 18.3 Å². The molecule has 1 saturated heterocycles. The minimum atomic E-state index is -0.693. The van der Waals surface area contributed by atoms with Crippen LogP contribution in [0.15, 0.2) is 40.4 Å². The molecule has 6 heteroatoms. The van der Waals surface area contributed by atoms with Gasteiger partial charge >= 0.3 is 5.97 Å². The fourth-order valence-electron chi connectivity index (χ4n) is 3.01. The van der Waals surface area contributed by atoms with Crippen LogP contribution in [0.2, 0.25) is 0 Å². The second kappa shape index (κ2) is 6.89. The molecule has 1 aliphatic rings. The number of thiophene rings is 1. The maximum absolute atomic E-state index is 11.4. The molecule has 2 atom stereocenters. The number of hydrogen-bond acceptors (Lipinski definition) is 4. The maximum Gasteiger partial charge on any atom is 0.307 e. The lowest BCUT2D eigenvalue weighted by atomic mass is 9.95. The van der Waals surface area contributed by atoms with E-state index in [2.05, 4.69) is 37.9 Å². The highest BCUT2D eigenvalue weighted by molar-refractivity contribution is 9.11. The van der Waals surface area contributed by atoms with Crippen LogP contribution in [0.1, 0.15) is 29.3 Å². The molecule has 2 aromatic rings. The van der Waals surface area contributed by atoms with Gasteiger partial charge in [-0.3, -0.25) is 14.7 Å². The molecule has 1 aliphatic heterocycles. The highest BCUT2D eigenvalue weighted by atomic mass is 79.9. The van der Waals surface area contributed by atoms with Gasteiger partial charge in [0.1, 0.15) is 0 Å². The summed E-state index contributed by atoms with van der Waals surface area (Å²) < 4.78 is 1.09. The van der Waals surface area contributed by atoms with Gasteiger partial charge < -0.3 is 5.11 Å². The fourth-order valence-corrected chi connectivity index (χ4v) is 4.60. The number of pyridine rings is 1. The topological polar surface area (TPSA) is 53.4 Å². The number of nitrogens with zero attached hydrogens (tertiary/aromatic N) is 2. The number of carboxylic acid groups (broad SMARTS) is 1. The molecule has 4 nitrogen and oxygen atoms in total. The van der Waals surface area contributed by atoms with E-state index in [0.717, 1.165) is 28.7 Å². The maximum atomic E-state index is 11.4. The summed E-state index contributed by atoms with van der Waals surface area (Å²) in [6.45, 7) is 1.50. The molecule has 0 aliphatic carbocycles. The van der Waals surface area contributed by atoms with Crippen molar-refractivity contribution in [2.75, 3.05) is 13.1 Å². The summed E-state index contributed by atoms with van der Waals surface area (Å²) in [5.74, 6) is -0.974. The first kappa shape index (κ1) is 15.6. The van der Waals surface area contributed by atoms with Crippen molar-refractivity contribution in [3.05, 3.63) is 50.9 Å². The average Bonchev–Trinajstić information content (AvgIpc) is 2.95. The van der Waals surface area contributed by atoms with Crippen LogP contribution in [0.4, 0.5) is 0 Å². The lowest BCUT2D eigenvalue weighted by Gasteiger charge is -2.36. The number of carbonyl (C=O) groups is 1. The van der Waals surface area contributed by atoms with Crippen molar-refractivity contribution in [1.82, 2.24) is 9.88 Å². The lowest BCUT2D eigenvalue weighted by Crippen LogP contribution is -2.41. The lowest BCUT2D eigenvalue weighted by molar-refractivity contribution is -0.143. The second-order valence-electron chi connectivity index (χ2n) is 5.50. The number of aromatic nitrogens is 1. The molecule has 22 heavy (non-hydrogen) atoms. The van der Waals surface area contributed by atoms with E-state index in [4.69, 9.17) is 0 Å². The predicted molar refractivity (Wildman–Crippen MR) is 90.0 cm³/mol. The Kier molecular flexibility index (Phi) is 4.90. The minimum Gasteiger partial charge on any atom is -0.481 e. The number of likely N-dealkylation sites (tertiary alicyclic amines) is 1. The van der Waals surface area contributed by atoms with Crippen LogP contribution < -0.4 is 0 Å². The summed E-state index contributed by atoms with van der Waals surface area (Å²) in [6, 6.07) is 8.23. The van der Waals surface area contributed by atoms with E-state index in [1.165, 1.54) is 4.88 Å². The Morgan fingerprint density at radius 3 is 2.95 bits per heavy atom. The van der Waals surface area contributed by atoms with Crippen molar-refractivity contribution in [3.8, 4) is 0 Å². The molecule has 0 amide bonds. The van der Waals surface area contributed by atoms with E-state index in [1.54, 1.807) is 17.5 Å². The van der Waals surface area contributed by atoms with Gasteiger partial charge in [-0.25, -0.2) is 0 Å². The first-order valence-electron chi connectivity index (χ1n) is 7.27. The van der Waals surface area contributed by atoms with Crippen LogP contribution in [0.3, 0.4) is 0 Å². The van der Waals surface area contributed by atoms with Gasteiger partial charge in [-0.15, -0.1) is 11.3 Å². The molecule has 0 bridgehead atoms. The zero-order valence-electron chi connectivity index (χ0n) is 12.0. The second-order valence-corrected chi connectivity index (χ2v) is 8.00. The van der Waals surface area contributed by atoms with E-state index in [0.29, 0.717) is 6.54 Å². The Labute approximate surface area is 141 Å². The van der Waals surface area contributed by atoms with Gasteiger partial charge in [0.25, 0.3) is 0 Å². The van der Waals surface area contributed by atoms with E-state index in [-0.39, 0.29) is 12.0 Å². The summed E-state index contributed by atoms with van der Waals surface area (Å²) in [6.07, 6.45) is 5.32. The summed E-state index contributed by atoms with van der Waals surface area (Å²) in [4.78, 5) is 19.1. The van der Waals surface area contributed by atoms with Gasteiger partial charge in [0.2, 0.25) is 0 Å². The summed E-state index contributed by atoms with van der Waals surface area (Å²) >= 11 is 5.22. The molecule has 0 radical (unpaired) electrons. The molecular formula is C16H17BrN2O2S. The van der Waals surface area contributed by atoms with Crippen molar-refractivity contribution >= 4 is 33.2 Å².